The summed E-state index contributed by atoms with van der Waals surface area (Å²) in [7, 11) is 0. The zero-order chi connectivity index (χ0) is 22.4. The molecular formula is C25H19BrF2N2O2. The second-order valence-electron chi connectivity index (χ2n) is 7.84. The molecule has 1 fully saturated rings. The van der Waals surface area contributed by atoms with Crippen molar-refractivity contribution in [3.8, 4) is 22.3 Å². The van der Waals surface area contributed by atoms with Crippen molar-refractivity contribution in [3.05, 3.63) is 82.3 Å². The molecule has 1 saturated heterocycles. The van der Waals surface area contributed by atoms with E-state index in [-0.39, 0.29) is 31.4 Å². The summed E-state index contributed by atoms with van der Waals surface area (Å²) in [5, 5.41) is 0.858. The first-order chi connectivity index (χ1) is 15.4. The lowest BCUT2D eigenvalue weighted by molar-refractivity contribution is 0.0400. The van der Waals surface area contributed by atoms with Gasteiger partial charge >= 0.3 is 0 Å². The number of likely N-dealkylation sites (tertiary alicyclic amines) is 1. The minimum absolute atomic E-state index is 0.149. The van der Waals surface area contributed by atoms with Crippen LogP contribution in [0, 0.1) is 5.82 Å². The highest BCUT2D eigenvalue weighted by Crippen LogP contribution is 2.40. The van der Waals surface area contributed by atoms with Gasteiger partial charge in [-0.25, -0.2) is 8.78 Å². The second-order valence-corrected chi connectivity index (χ2v) is 8.63. The molecule has 0 spiro atoms. The highest BCUT2D eigenvalue weighted by molar-refractivity contribution is 9.10. The number of nitrogens with two attached hydrogens (primary N) is 1. The smallest absolute Gasteiger partial charge is 0.254 e. The molecule has 4 nitrogen and oxygen atoms in total. The third-order valence-corrected chi connectivity index (χ3v) is 6.59. The standard InChI is InChI=1S/C25H19BrF2N2O2/c26-23-21-10-17(14-1-3-16(4-2-14)25(31)30-12-19(28)13-30)9-20(24(21)32-22(23)11-29)15-5-7-18(27)8-6-15/h1-10,19H,11-13,29H2. The average molecular weight is 497 g/mol. The Balaban J connectivity index is 1.59. The summed E-state index contributed by atoms with van der Waals surface area (Å²) in [6.07, 6.45) is -0.929. The summed E-state index contributed by atoms with van der Waals surface area (Å²) in [5.41, 5.74) is 10.5. The van der Waals surface area contributed by atoms with Crippen LogP contribution in [-0.4, -0.2) is 30.1 Å². The summed E-state index contributed by atoms with van der Waals surface area (Å²) in [6, 6.07) is 17.4. The Hall–Kier alpha value is -3.03. The molecule has 162 valence electrons. The largest absolute Gasteiger partial charge is 0.458 e. The third kappa shape index (κ3) is 3.61. The Kier molecular flexibility index (Phi) is 5.31. The SMILES string of the molecule is NCc1oc2c(-c3ccc(F)cc3)cc(-c3ccc(C(=O)N4CC(F)C4)cc3)cc2c1Br. The quantitative estimate of drug-likeness (QED) is 0.381. The molecule has 0 bridgehead atoms. The van der Waals surface area contributed by atoms with Crippen molar-refractivity contribution in [3.63, 3.8) is 0 Å². The first-order valence-electron chi connectivity index (χ1n) is 10.2. The van der Waals surface area contributed by atoms with E-state index in [1.807, 2.05) is 24.3 Å². The van der Waals surface area contributed by atoms with Gasteiger partial charge in [-0.3, -0.25) is 4.79 Å². The Morgan fingerprint density at radius 3 is 2.31 bits per heavy atom. The van der Waals surface area contributed by atoms with Crippen molar-refractivity contribution >= 4 is 32.8 Å². The van der Waals surface area contributed by atoms with Gasteiger partial charge in [-0.1, -0.05) is 24.3 Å². The number of nitrogens with zero attached hydrogens (tertiary/aromatic N) is 1. The van der Waals surface area contributed by atoms with E-state index in [0.29, 0.717) is 16.9 Å². The van der Waals surface area contributed by atoms with Crippen LogP contribution in [-0.2, 0) is 6.54 Å². The minimum Gasteiger partial charge on any atom is -0.458 e. The Morgan fingerprint density at radius 1 is 1.03 bits per heavy atom. The summed E-state index contributed by atoms with van der Waals surface area (Å²) in [6.45, 7) is 0.535. The van der Waals surface area contributed by atoms with E-state index in [4.69, 9.17) is 10.2 Å². The van der Waals surface area contributed by atoms with E-state index in [1.54, 1.807) is 24.3 Å². The molecule has 1 aliphatic rings. The van der Waals surface area contributed by atoms with Crippen molar-refractivity contribution in [1.82, 2.24) is 4.90 Å². The fourth-order valence-corrected chi connectivity index (χ4v) is 4.48. The lowest BCUT2D eigenvalue weighted by atomic mass is 9.96. The number of fused-ring (bicyclic) bond motifs is 1. The van der Waals surface area contributed by atoms with Gasteiger partial charge in [-0.15, -0.1) is 0 Å². The van der Waals surface area contributed by atoms with Crippen LogP contribution in [0.4, 0.5) is 8.78 Å². The van der Waals surface area contributed by atoms with Crippen LogP contribution >= 0.6 is 15.9 Å². The molecule has 32 heavy (non-hydrogen) atoms. The Labute approximate surface area is 191 Å². The number of alkyl halides is 1. The molecule has 2 N–H and O–H groups in total. The first-order valence-corrected chi connectivity index (χ1v) is 11.0. The summed E-state index contributed by atoms with van der Waals surface area (Å²) < 4.78 is 33.4. The van der Waals surface area contributed by atoms with Crippen LogP contribution in [0.3, 0.4) is 0 Å². The number of benzene rings is 3. The van der Waals surface area contributed by atoms with E-state index in [0.717, 1.165) is 32.1 Å². The molecule has 0 saturated carbocycles. The summed E-state index contributed by atoms with van der Waals surface area (Å²) in [5.74, 6) is 0.145. The normalized spacial score (nSPS) is 14.1. The van der Waals surface area contributed by atoms with Gasteiger partial charge in [0.2, 0.25) is 0 Å². The van der Waals surface area contributed by atoms with Crippen molar-refractivity contribution < 1.29 is 18.0 Å². The fourth-order valence-electron chi connectivity index (χ4n) is 3.94. The van der Waals surface area contributed by atoms with E-state index in [9.17, 15) is 13.6 Å². The number of halogens is 3. The molecule has 3 aromatic carbocycles. The van der Waals surface area contributed by atoms with Gasteiger partial charge in [0.15, 0.2) is 0 Å². The maximum Gasteiger partial charge on any atom is 0.254 e. The predicted octanol–water partition coefficient (Wildman–Crippen LogP) is 5.92. The van der Waals surface area contributed by atoms with Crippen LogP contribution in [0.2, 0.25) is 0 Å². The number of rotatable bonds is 4. The molecule has 1 aromatic heterocycles. The van der Waals surface area contributed by atoms with Crippen LogP contribution in [0.15, 0.2) is 69.6 Å². The van der Waals surface area contributed by atoms with Crippen LogP contribution in [0.5, 0.6) is 0 Å². The summed E-state index contributed by atoms with van der Waals surface area (Å²) >= 11 is 3.59. The van der Waals surface area contributed by atoms with Crippen LogP contribution in [0.1, 0.15) is 16.1 Å². The number of amides is 1. The van der Waals surface area contributed by atoms with Gasteiger partial charge in [0.05, 0.1) is 24.1 Å². The molecule has 1 aliphatic heterocycles. The van der Waals surface area contributed by atoms with Crippen molar-refractivity contribution in [1.29, 1.82) is 0 Å². The van der Waals surface area contributed by atoms with Crippen LogP contribution < -0.4 is 5.73 Å². The van der Waals surface area contributed by atoms with Gasteiger partial charge in [0.1, 0.15) is 23.3 Å². The highest BCUT2D eigenvalue weighted by Gasteiger charge is 2.30. The molecule has 5 rings (SSSR count). The van der Waals surface area contributed by atoms with Gasteiger partial charge in [0.25, 0.3) is 5.91 Å². The zero-order valence-electron chi connectivity index (χ0n) is 16.9. The molecular weight excluding hydrogens is 478 g/mol. The van der Waals surface area contributed by atoms with Crippen LogP contribution in [0.25, 0.3) is 33.2 Å². The van der Waals surface area contributed by atoms with Gasteiger partial charge in [-0.05, 0) is 69.0 Å². The molecule has 0 aliphatic carbocycles. The number of carbonyl (C=O) groups excluding carboxylic acids is 1. The summed E-state index contributed by atoms with van der Waals surface area (Å²) in [4.78, 5) is 13.9. The number of carbonyl (C=O) groups is 1. The zero-order valence-corrected chi connectivity index (χ0v) is 18.5. The average Bonchev–Trinajstić information content (AvgIpc) is 3.12. The Morgan fingerprint density at radius 2 is 1.69 bits per heavy atom. The van der Waals surface area contributed by atoms with E-state index in [1.165, 1.54) is 17.0 Å². The molecule has 0 unspecified atom stereocenters. The van der Waals surface area contributed by atoms with E-state index >= 15 is 0 Å². The van der Waals surface area contributed by atoms with Gasteiger partial charge < -0.3 is 15.1 Å². The highest BCUT2D eigenvalue weighted by atomic mass is 79.9. The minimum atomic E-state index is -0.929. The maximum atomic E-state index is 13.5. The predicted molar refractivity (Wildman–Crippen MR) is 123 cm³/mol. The monoisotopic (exact) mass is 496 g/mol. The van der Waals surface area contributed by atoms with Gasteiger partial charge in [0, 0.05) is 16.5 Å². The molecule has 0 atom stereocenters. The topological polar surface area (TPSA) is 59.5 Å². The Bertz CT molecular complexity index is 1310. The lowest BCUT2D eigenvalue weighted by Crippen LogP contribution is -2.51. The number of hydrogen-bond donors (Lipinski definition) is 1. The van der Waals surface area contributed by atoms with E-state index in [2.05, 4.69) is 15.9 Å². The van der Waals surface area contributed by atoms with Gasteiger partial charge in [-0.2, -0.15) is 0 Å². The maximum absolute atomic E-state index is 13.5. The van der Waals surface area contributed by atoms with Crippen molar-refractivity contribution in [2.45, 2.75) is 12.7 Å². The fraction of sp³-hybridized carbons (Fsp3) is 0.160. The second kappa shape index (κ2) is 8.15. The molecule has 1 amide bonds. The number of hydrogen-bond acceptors (Lipinski definition) is 3. The van der Waals surface area contributed by atoms with E-state index < -0.39 is 6.17 Å². The molecule has 7 heteroatoms. The first kappa shape index (κ1) is 20.8. The lowest BCUT2D eigenvalue weighted by Gasteiger charge is -2.34. The third-order valence-electron chi connectivity index (χ3n) is 5.73. The molecule has 4 aromatic rings. The molecule has 0 radical (unpaired) electrons. The number of furan rings is 1. The van der Waals surface area contributed by atoms with Crippen molar-refractivity contribution in [2.75, 3.05) is 13.1 Å². The molecule has 2 heterocycles. The van der Waals surface area contributed by atoms with Crippen molar-refractivity contribution in [2.24, 2.45) is 5.73 Å².